The largest absolute Gasteiger partial charge is 0.359 e. The highest BCUT2D eigenvalue weighted by Crippen LogP contribution is 2.53. The molecule has 3 N–H and O–H groups in total. The number of rotatable bonds is 5. The molecular weight excluding hydrogens is 565 g/mol. The van der Waals surface area contributed by atoms with Crippen molar-refractivity contribution in [2.24, 2.45) is 5.41 Å². The topological polar surface area (TPSA) is 80.7 Å². The van der Waals surface area contributed by atoms with Crippen LogP contribution < -0.4 is 10.6 Å². The number of nitrogens with one attached hydrogen (secondary N) is 3. The number of halogens is 4. The summed E-state index contributed by atoms with van der Waals surface area (Å²) in [5, 5.41) is 18.2. The van der Waals surface area contributed by atoms with Crippen molar-refractivity contribution in [3.05, 3.63) is 99.2 Å². The summed E-state index contributed by atoms with van der Waals surface area (Å²) in [4.78, 5) is 17.3. The molecule has 5 nitrogen and oxygen atoms in total. The number of aromatic amines is 1. The summed E-state index contributed by atoms with van der Waals surface area (Å²) in [6.07, 6.45) is 0.389. The maximum atomic E-state index is 15.8. The molecule has 4 aromatic rings. The fourth-order valence-corrected chi connectivity index (χ4v) is 6.47. The van der Waals surface area contributed by atoms with Crippen LogP contribution in [0.15, 0.2) is 60.7 Å². The summed E-state index contributed by atoms with van der Waals surface area (Å²) in [7, 11) is 0. The fraction of sp³-hybridized carbons (Fsp3) is 0.312. The number of fused-ring (bicyclic) bond motifs is 1. The standard InChI is InChI=1S/C32H30Cl2F2N4O/c1-17-12-18-13-20(9-11-25(18)38-17)39-30(41)29-27(21-6-5-7-23(34)28(21)36)32(16-37,26(40-29)15-31(2,3)4)22-10-8-19(33)14-24(22)35/h5-14,26-27,29,38,40H,15H2,1-4H3,(H,39,41)/t26?,27?,29?,32-/m0/s1. The molecule has 1 aliphatic heterocycles. The predicted molar refractivity (Wildman–Crippen MR) is 159 cm³/mol. The quantitative estimate of drug-likeness (QED) is 0.219. The van der Waals surface area contributed by atoms with Crippen LogP contribution in [0.5, 0.6) is 0 Å². The number of H-pyrrole nitrogens is 1. The molecule has 41 heavy (non-hydrogen) atoms. The maximum Gasteiger partial charge on any atom is 0.242 e. The average Bonchev–Trinajstić information content (AvgIpc) is 3.41. The Hall–Kier alpha value is -3.44. The monoisotopic (exact) mass is 594 g/mol. The van der Waals surface area contributed by atoms with Gasteiger partial charge in [0.05, 0.1) is 17.1 Å². The lowest BCUT2D eigenvalue weighted by atomic mass is 9.62. The highest BCUT2D eigenvalue weighted by Gasteiger charge is 2.61. The second kappa shape index (κ2) is 10.8. The number of aromatic nitrogens is 1. The van der Waals surface area contributed by atoms with Crippen LogP contribution in [0.2, 0.25) is 10.0 Å². The number of carbonyl (C=O) groups is 1. The summed E-state index contributed by atoms with van der Waals surface area (Å²) in [6, 6.07) is 16.5. The highest BCUT2D eigenvalue weighted by atomic mass is 35.5. The normalized spacial score (nSPS) is 22.6. The Morgan fingerprint density at radius 2 is 1.85 bits per heavy atom. The minimum absolute atomic E-state index is 0.0371. The van der Waals surface area contributed by atoms with Crippen LogP contribution in [0, 0.1) is 35.3 Å². The summed E-state index contributed by atoms with van der Waals surface area (Å²) in [6.45, 7) is 7.92. The number of anilines is 1. The van der Waals surface area contributed by atoms with Gasteiger partial charge in [-0.3, -0.25) is 4.79 Å². The first-order valence-electron chi connectivity index (χ1n) is 13.3. The van der Waals surface area contributed by atoms with Gasteiger partial charge in [0.1, 0.15) is 17.0 Å². The second-order valence-electron chi connectivity index (χ2n) is 11.9. The summed E-state index contributed by atoms with van der Waals surface area (Å²) in [5.41, 5.74) is 0.508. The lowest BCUT2D eigenvalue weighted by molar-refractivity contribution is -0.118. The van der Waals surface area contributed by atoms with Crippen LogP contribution in [0.1, 0.15) is 49.9 Å². The van der Waals surface area contributed by atoms with Crippen LogP contribution in [0.3, 0.4) is 0 Å². The summed E-state index contributed by atoms with van der Waals surface area (Å²) >= 11 is 12.3. The predicted octanol–water partition coefficient (Wildman–Crippen LogP) is 8.02. The molecule has 9 heteroatoms. The molecule has 0 radical (unpaired) electrons. The first-order valence-corrected chi connectivity index (χ1v) is 14.1. The third-order valence-electron chi connectivity index (χ3n) is 7.75. The van der Waals surface area contributed by atoms with Gasteiger partial charge in [-0.1, -0.05) is 62.2 Å². The second-order valence-corrected chi connectivity index (χ2v) is 12.8. The van der Waals surface area contributed by atoms with Crippen LogP contribution in [0.4, 0.5) is 14.5 Å². The molecule has 1 fully saturated rings. The van der Waals surface area contributed by atoms with Crippen molar-refractivity contribution >= 4 is 45.7 Å². The number of amides is 1. The third kappa shape index (κ3) is 5.32. The Labute approximate surface area is 247 Å². The molecule has 3 aromatic carbocycles. The first kappa shape index (κ1) is 29.1. The van der Waals surface area contributed by atoms with E-state index in [0.717, 1.165) is 22.7 Å². The molecule has 4 atom stereocenters. The Morgan fingerprint density at radius 3 is 2.54 bits per heavy atom. The van der Waals surface area contributed by atoms with Gasteiger partial charge in [-0.2, -0.15) is 5.26 Å². The molecule has 2 heterocycles. The molecule has 1 aliphatic rings. The molecule has 1 aromatic heterocycles. The Morgan fingerprint density at radius 1 is 1.10 bits per heavy atom. The van der Waals surface area contributed by atoms with Crippen molar-refractivity contribution in [1.29, 1.82) is 5.26 Å². The smallest absolute Gasteiger partial charge is 0.242 e. The van der Waals surface area contributed by atoms with Gasteiger partial charge in [-0.25, -0.2) is 8.78 Å². The van der Waals surface area contributed by atoms with E-state index in [1.807, 2.05) is 45.9 Å². The minimum Gasteiger partial charge on any atom is -0.359 e. The average molecular weight is 596 g/mol. The molecule has 0 spiro atoms. The van der Waals surface area contributed by atoms with E-state index in [2.05, 4.69) is 21.7 Å². The van der Waals surface area contributed by atoms with Crippen molar-refractivity contribution in [3.8, 4) is 6.07 Å². The van der Waals surface area contributed by atoms with Crippen molar-refractivity contribution < 1.29 is 13.6 Å². The molecule has 0 saturated carbocycles. The van der Waals surface area contributed by atoms with E-state index in [4.69, 9.17) is 23.2 Å². The van der Waals surface area contributed by atoms with Crippen molar-refractivity contribution in [3.63, 3.8) is 0 Å². The number of hydrogen-bond acceptors (Lipinski definition) is 3. The molecule has 212 valence electrons. The summed E-state index contributed by atoms with van der Waals surface area (Å²) < 4.78 is 31.5. The number of aryl methyl sites for hydroxylation is 1. The van der Waals surface area contributed by atoms with E-state index < -0.39 is 41.0 Å². The van der Waals surface area contributed by atoms with Crippen LogP contribution in [-0.2, 0) is 10.2 Å². The van der Waals surface area contributed by atoms with Crippen LogP contribution in [0.25, 0.3) is 10.9 Å². The number of carbonyl (C=O) groups excluding carboxylic acids is 1. The van der Waals surface area contributed by atoms with Crippen LogP contribution in [-0.4, -0.2) is 23.0 Å². The Balaban J connectivity index is 1.69. The summed E-state index contributed by atoms with van der Waals surface area (Å²) in [5.74, 6) is -3.08. The molecule has 0 aliphatic carbocycles. The van der Waals surface area contributed by atoms with E-state index >= 15 is 8.78 Å². The molecule has 3 unspecified atom stereocenters. The van der Waals surface area contributed by atoms with Gasteiger partial charge < -0.3 is 15.6 Å². The number of nitrogens with zero attached hydrogens (tertiary/aromatic N) is 1. The van der Waals surface area contributed by atoms with E-state index in [1.54, 1.807) is 12.1 Å². The van der Waals surface area contributed by atoms with Gasteiger partial charge in [0, 0.05) is 44.8 Å². The third-order valence-corrected chi connectivity index (χ3v) is 8.28. The van der Waals surface area contributed by atoms with Gasteiger partial charge in [0.15, 0.2) is 0 Å². The van der Waals surface area contributed by atoms with Gasteiger partial charge in [-0.15, -0.1) is 0 Å². The van der Waals surface area contributed by atoms with E-state index in [1.165, 1.54) is 24.3 Å². The van der Waals surface area contributed by atoms with E-state index in [0.29, 0.717) is 12.1 Å². The number of benzene rings is 3. The van der Waals surface area contributed by atoms with Gasteiger partial charge in [-0.05, 0) is 66.8 Å². The van der Waals surface area contributed by atoms with Gasteiger partial charge in [0.25, 0.3) is 0 Å². The van der Waals surface area contributed by atoms with Gasteiger partial charge in [0.2, 0.25) is 5.91 Å². The maximum absolute atomic E-state index is 15.8. The van der Waals surface area contributed by atoms with Crippen molar-refractivity contribution in [2.45, 2.75) is 57.5 Å². The Kier molecular flexibility index (Phi) is 7.63. The molecule has 1 amide bonds. The molecule has 0 bridgehead atoms. The van der Waals surface area contributed by atoms with Crippen molar-refractivity contribution in [2.75, 3.05) is 5.32 Å². The fourth-order valence-electron chi connectivity index (χ4n) is 6.13. The SMILES string of the molecule is Cc1cc2cc(NC(=O)C3NC(CC(C)(C)C)[C@](C#N)(c4ccc(Cl)cc4F)C3c3cccc(Cl)c3F)ccc2[nH]1. The zero-order valence-electron chi connectivity index (χ0n) is 23.1. The first-order chi connectivity index (χ1) is 19.3. The molecule has 5 rings (SSSR count). The zero-order valence-corrected chi connectivity index (χ0v) is 24.6. The minimum atomic E-state index is -1.68. The van der Waals surface area contributed by atoms with E-state index in [-0.39, 0.29) is 26.6 Å². The highest BCUT2D eigenvalue weighted by molar-refractivity contribution is 6.31. The molecular formula is C32H30Cl2F2N4O. The molecule has 1 saturated heterocycles. The van der Waals surface area contributed by atoms with Crippen LogP contribution >= 0.6 is 23.2 Å². The lowest BCUT2D eigenvalue weighted by Gasteiger charge is -2.37. The zero-order chi connectivity index (χ0) is 29.7. The van der Waals surface area contributed by atoms with Crippen molar-refractivity contribution in [1.82, 2.24) is 10.3 Å². The van der Waals surface area contributed by atoms with E-state index in [9.17, 15) is 10.1 Å². The number of hydrogen-bond donors (Lipinski definition) is 3. The van der Waals surface area contributed by atoms with Gasteiger partial charge >= 0.3 is 0 Å². The number of nitriles is 1. The Bertz CT molecular complexity index is 1690. The lowest BCUT2D eigenvalue weighted by Crippen LogP contribution is -2.45.